The van der Waals surface area contributed by atoms with E-state index in [2.05, 4.69) is 55.6 Å². The molecule has 0 aromatic rings. The van der Waals surface area contributed by atoms with Crippen molar-refractivity contribution in [1.29, 1.82) is 0 Å². The summed E-state index contributed by atoms with van der Waals surface area (Å²) in [7, 11) is 0. The number of rotatable bonds is 62. The van der Waals surface area contributed by atoms with E-state index in [1.807, 2.05) is 6.08 Å². The summed E-state index contributed by atoms with van der Waals surface area (Å²) < 4.78 is 5.47. The van der Waals surface area contributed by atoms with Crippen LogP contribution in [0.4, 0.5) is 0 Å². The average molecular weight is 1050 g/mol. The van der Waals surface area contributed by atoms with Gasteiger partial charge in [0.15, 0.2) is 0 Å². The topological polar surface area (TPSA) is 95.9 Å². The monoisotopic (exact) mass is 1050 g/mol. The number of carbonyl (C=O) groups excluding carboxylic acids is 2. The molecule has 0 bridgehead atoms. The predicted molar refractivity (Wildman–Crippen MR) is 329 cm³/mol. The average Bonchev–Trinajstić information content (AvgIpc) is 3.41. The van der Waals surface area contributed by atoms with E-state index < -0.39 is 12.1 Å². The molecule has 0 fully saturated rings. The Bertz CT molecular complexity index is 1260. The van der Waals surface area contributed by atoms with Gasteiger partial charge in [0.25, 0.3) is 0 Å². The van der Waals surface area contributed by atoms with Gasteiger partial charge in [0, 0.05) is 12.8 Å². The van der Waals surface area contributed by atoms with E-state index in [9.17, 15) is 19.8 Å². The molecule has 0 spiro atoms. The minimum atomic E-state index is -0.853. The fourth-order valence-electron chi connectivity index (χ4n) is 10.2. The molecule has 0 heterocycles. The Morgan fingerprint density at radius 3 is 1.07 bits per heavy atom. The second-order valence-electron chi connectivity index (χ2n) is 22.8. The zero-order chi connectivity index (χ0) is 54.3. The van der Waals surface area contributed by atoms with Crippen LogP contribution in [0, 0.1) is 0 Å². The number of aliphatic hydroxyl groups excluding tert-OH is 2. The fraction of sp³-hybridized carbons (Fsp3) is 0.855. The number of aliphatic hydroxyl groups is 2. The lowest BCUT2D eigenvalue weighted by Gasteiger charge is -2.20. The van der Waals surface area contributed by atoms with Gasteiger partial charge in [-0.05, 0) is 83.5 Å². The van der Waals surface area contributed by atoms with Gasteiger partial charge in [-0.2, -0.15) is 0 Å². The van der Waals surface area contributed by atoms with E-state index in [0.717, 1.165) is 64.2 Å². The Labute approximate surface area is 467 Å². The van der Waals surface area contributed by atoms with Gasteiger partial charge >= 0.3 is 5.97 Å². The highest BCUT2D eigenvalue weighted by Crippen LogP contribution is 2.18. The highest BCUT2D eigenvalue weighted by atomic mass is 16.5. The Hall–Kier alpha value is -2.18. The van der Waals surface area contributed by atoms with Gasteiger partial charge in [0.1, 0.15) is 0 Å². The first-order valence-corrected chi connectivity index (χ1v) is 33.4. The molecule has 440 valence electrons. The van der Waals surface area contributed by atoms with Crippen LogP contribution in [0.3, 0.4) is 0 Å². The number of nitrogens with one attached hydrogen (secondary N) is 1. The Kier molecular flexibility index (Phi) is 62.5. The van der Waals surface area contributed by atoms with Crippen LogP contribution in [0.1, 0.15) is 354 Å². The third-order valence-electron chi connectivity index (χ3n) is 15.3. The van der Waals surface area contributed by atoms with Crippen molar-refractivity contribution < 1.29 is 24.5 Å². The number of amides is 1. The van der Waals surface area contributed by atoms with Crippen molar-refractivity contribution in [2.75, 3.05) is 13.2 Å². The molecule has 0 radical (unpaired) electrons. The molecule has 0 saturated carbocycles. The number of ether oxygens (including phenoxy) is 1. The molecule has 2 unspecified atom stereocenters. The van der Waals surface area contributed by atoms with Crippen molar-refractivity contribution in [2.24, 2.45) is 0 Å². The number of esters is 1. The van der Waals surface area contributed by atoms with Gasteiger partial charge in [0.2, 0.25) is 5.91 Å². The first kappa shape index (κ1) is 72.8. The van der Waals surface area contributed by atoms with Crippen LogP contribution < -0.4 is 5.32 Å². The summed E-state index contributed by atoms with van der Waals surface area (Å²) in [6.45, 7) is 4.87. The van der Waals surface area contributed by atoms with E-state index in [1.54, 1.807) is 6.08 Å². The van der Waals surface area contributed by atoms with E-state index in [1.165, 1.54) is 263 Å². The van der Waals surface area contributed by atoms with Gasteiger partial charge in [-0.1, -0.05) is 306 Å². The largest absolute Gasteiger partial charge is 0.466 e. The van der Waals surface area contributed by atoms with Crippen LogP contribution in [0.2, 0.25) is 0 Å². The van der Waals surface area contributed by atoms with Crippen LogP contribution in [-0.2, 0) is 14.3 Å². The molecule has 75 heavy (non-hydrogen) atoms. The summed E-state index contributed by atoms with van der Waals surface area (Å²) in [4.78, 5) is 24.6. The predicted octanol–water partition coefficient (Wildman–Crippen LogP) is 21.3. The van der Waals surface area contributed by atoms with Gasteiger partial charge in [-0.15, -0.1) is 0 Å². The molecule has 0 aliphatic carbocycles. The Morgan fingerprint density at radius 1 is 0.373 bits per heavy atom. The summed E-state index contributed by atoms with van der Waals surface area (Å²) in [5.41, 5.74) is 0. The first-order chi connectivity index (χ1) is 37.0. The van der Waals surface area contributed by atoms with Crippen LogP contribution in [0.5, 0.6) is 0 Å². The highest BCUT2D eigenvalue weighted by Gasteiger charge is 2.18. The van der Waals surface area contributed by atoms with E-state index in [4.69, 9.17) is 4.74 Å². The summed E-state index contributed by atoms with van der Waals surface area (Å²) in [6.07, 6.45) is 83.1. The zero-order valence-corrected chi connectivity index (χ0v) is 50.3. The summed E-state index contributed by atoms with van der Waals surface area (Å²) >= 11 is 0. The van der Waals surface area contributed by atoms with Crippen molar-refractivity contribution in [3.05, 3.63) is 48.6 Å². The van der Waals surface area contributed by atoms with Crippen molar-refractivity contribution in [3.8, 4) is 0 Å². The second kappa shape index (κ2) is 64.3. The summed E-state index contributed by atoms with van der Waals surface area (Å²) in [5, 5.41) is 23.3. The summed E-state index contributed by atoms with van der Waals surface area (Å²) in [6, 6.07) is -0.638. The molecule has 0 aromatic carbocycles. The lowest BCUT2D eigenvalue weighted by molar-refractivity contribution is -0.143. The standard InChI is InChI=1S/C69H129NO5/c1-3-5-7-9-11-13-15-17-19-20-21-22-23-24-25-26-28-31-34-37-41-45-49-53-57-61-67(72)66(65-71)70-68(73)62-58-54-50-46-42-38-35-32-29-27-30-33-36-40-44-48-52-56-60-64-75-69(74)63-59-55-51-47-43-39-18-16-14-12-10-8-6-4-2/h10,12,16,18,27,29,57,61,66-67,71-72H,3-9,11,13-15,17,19-26,28,30-56,58-60,62-65H2,1-2H3,(H,70,73)/b12-10-,18-16-,29-27-,61-57+. The van der Waals surface area contributed by atoms with Crippen molar-refractivity contribution >= 4 is 11.9 Å². The van der Waals surface area contributed by atoms with Gasteiger partial charge in [0.05, 0.1) is 25.4 Å². The minimum absolute atomic E-state index is 0.0113. The quantitative estimate of drug-likeness (QED) is 0.0320. The zero-order valence-electron chi connectivity index (χ0n) is 50.3. The molecule has 0 saturated heterocycles. The maximum atomic E-state index is 12.5. The van der Waals surface area contributed by atoms with Crippen LogP contribution >= 0.6 is 0 Å². The molecule has 6 heteroatoms. The summed E-state index contributed by atoms with van der Waals surface area (Å²) in [5.74, 6) is -0.0864. The number of hydrogen-bond acceptors (Lipinski definition) is 5. The fourth-order valence-corrected chi connectivity index (χ4v) is 10.2. The van der Waals surface area contributed by atoms with Crippen LogP contribution in [0.15, 0.2) is 48.6 Å². The number of hydrogen-bond donors (Lipinski definition) is 3. The molecule has 2 atom stereocenters. The lowest BCUT2D eigenvalue weighted by Crippen LogP contribution is -2.45. The normalized spacial score (nSPS) is 12.9. The molecule has 0 aliphatic heterocycles. The van der Waals surface area contributed by atoms with E-state index in [0.29, 0.717) is 19.4 Å². The molecule has 0 rings (SSSR count). The van der Waals surface area contributed by atoms with Crippen LogP contribution in [0.25, 0.3) is 0 Å². The first-order valence-electron chi connectivity index (χ1n) is 33.4. The van der Waals surface area contributed by atoms with Gasteiger partial charge in [-0.25, -0.2) is 0 Å². The number of unbranched alkanes of at least 4 members (excludes halogenated alkanes) is 45. The number of allylic oxidation sites excluding steroid dienone is 7. The van der Waals surface area contributed by atoms with Gasteiger partial charge < -0.3 is 20.3 Å². The Balaban J connectivity index is 3.48. The molecule has 1 amide bonds. The third kappa shape index (κ3) is 60.9. The van der Waals surface area contributed by atoms with E-state index >= 15 is 0 Å². The Morgan fingerprint density at radius 2 is 0.680 bits per heavy atom. The molecule has 0 aliphatic rings. The molecule has 6 nitrogen and oxygen atoms in total. The van der Waals surface area contributed by atoms with Crippen molar-refractivity contribution in [2.45, 2.75) is 366 Å². The highest BCUT2D eigenvalue weighted by molar-refractivity contribution is 5.76. The third-order valence-corrected chi connectivity index (χ3v) is 15.3. The van der Waals surface area contributed by atoms with Crippen molar-refractivity contribution in [1.82, 2.24) is 5.32 Å². The maximum absolute atomic E-state index is 12.5. The number of carbonyl (C=O) groups is 2. The van der Waals surface area contributed by atoms with Crippen molar-refractivity contribution in [3.63, 3.8) is 0 Å². The molecular formula is C69H129NO5. The second-order valence-corrected chi connectivity index (χ2v) is 22.8. The smallest absolute Gasteiger partial charge is 0.305 e. The minimum Gasteiger partial charge on any atom is -0.466 e. The van der Waals surface area contributed by atoms with Crippen LogP contribution in [-0.4, -0.2) is 47.4 Å². The molecule has 3 N–H and O–H groups in total. The SMILES string of the molecule is CCCC/C=C\C/C=C\CCCCCCCC(=O)OCCCCCCCCCC/C=C\CCCCCCCCCC(=O)NC(CO)C(O)/C=C/CCCCCCCCCCCCCCCCCCCCCCCCC. The maximum Gasteiger partial charge on any atom is 0.305 e. The molecule has 0 aromatic heterocycles. The van der Waals surface area contributed by atoms with E-state index in [-0.39, 0.29) is 18.5 Å². The van der Waals surface area contributed by atoms with Gasteiger partial charge in [-0.3, -0.25) is 9.59 Å². The molecular weight excluding hydrogens is 923 g/mol. The lowest BCUT2D eigenvalue weighted by atomic mass is 10.0.